The number of benzene rings is 1. The fraction of sp³-hybridized carbons (Fsp3) is 0.632. The number of rotatable bonds is 7. The van der Waals surface area contributed by atoms with Crippen molar-refractivity contribution in [3.05, 3.63) is 24.3 Å². The highest BCUT2D eigenvalue weighted by atomic mass is 32.2. The lowest BCUT2D eigenvalue weighted by Crippen LogP contribution is -2.53. The van der Waals surface area contributed by atoms with Gasteiger partial charge in [-0.3, -0.25) is 4.79 Å². The van der Waals surface area contributed by atoms with Gasteiger partial charge in [0.15, 0.2) is 0 Å². The molecular formula is C19H27F3N2O4S. The molecule has 0 spiro atoms. The molecule has 0 saturated heterocycles. The normalized spacial score (nSPS) is 21.6. The summed E-state index contributed by atoms with van der Waals surface area (Å²) in [6, 6.07) is 3.94. The van der Waals surface area contributed by atoms with Gasteiger partial charge in [0.05, 0.1) is 17.9 Å². The van der Waals surface area contributed by atoms with Crippen molar-refractivity contribution in [1.29, 1.82) is 0 Å². The molecule has 1 aromatic rings. The van der Waals surface area contributed by atoms with Crippen LogP contribution in [-0.4, -0.2) is 39.7 Å². The molecule has 6 nitrogen and oxygen atoms in total. The SMILES string of the molecule is COc1ccc(S(=O)(=O)N[C@H](C(=O)NC2CCCC(C(F)(F)F)C2)C(C)C)cc1. The molecule has 164 valence electrons. The Morgan fingerprint density at radius 1 is 1.17 bits per heavy atom. The summed E-state index contributed by atoms with van der Waals surface area (Å²) < 4.78 is 71.6. The number of carbonyl (C=O) groups is 1. The molecule has 0 bridgehead atoms. The Morgan fingerprint density at radius 2 is 1.79 bits per heavy atom. The van der Waals surface area contributed by atoms with Gasteiger partial charge in [-0.1, -0.05) is 20.3 Å². The number of amides is 1. The first-order valence-electron chi connectivity index (χ1n) is 9.47. The first-order chi connectivity index (χ1) is 13.4. The largest absolute Gasteiger partial charge is 0.497 e. The summed E-state index contributed by atoms with van der Waals surface area (Å²) in [6.45, 7) is 3.33. The lowest BCUT2D eigenvalue weighted by molar-refractivity contribution is -0.184. The van der Waals surface area contributed by atoms with Gasteiger partial charge in [0.25, 0.3) is 0 Å². The zero-order chi connectivity index (χ0) is 21.8. The monoisotopic (exact) mass is 436 g/mol. The van der Waals surface area contributed by atoms with Crippen LogP contribution in [0.3, 0.4) is 0 Å². The van der Waals surface area contributed by atoms with Crippen molar-refractivity contribution in [2.24, 2.45) is 11.8 Å². The van der Waals surface area contributed by atoms with Crippen LogP contribution in [0.1, 0.15) is 39.5 Å². The van der Waals surface area contributed by atoms with Crippen molar-refractivity contribution in [3.8, 4) is 5.75 Å². The molecule has 2 rings (SSSR count). The number of alkyl halides is 3. The van der Waals surface area contributed by atoms with Gasteiger partial charge in [-0.25, -0.2) is 8.42 Å². The molecule has 0 heterocycles. The Balaban J connectivity index is 2.09. The Hall–Kier alpha value is -1.81. The standard InChI is InChI=1S/C19H27F3N2O4S/c1-12(2)17(24-29(26,27)16-9-7-15(28-3)8-10-16)18(25)23-14-6-4-5-13(11-14)19(20,21)22/h7-10,12-14,17,24H,4-6,11H2,1-3H3,(H,23,25)/t13?,14?,17-/m0/s1. The fourth-order valence-corrected chi connectivity index (χ4v) is 4.74. The number of carbonyl (C=O) groups excluding carboxylic acids is 1. The van der Waals surface area contributed by atoms with Crippen LogP contribution in [-0.2, 0) is 14.8 Å². The Labute approximate surface area is 169 Å². The average molecular weight is 436 g/mol. The predicted molar refractivity (Wildman–Crippen MR) is 102 cm³/mol. The van der Waals surface area contributed by atoms with E-state index in [0.29, 0.717) is 18.6 Å². The minimum Gasteiger partial charge on any atom is -0.497 e. The Morgan fingerprint density at radius 3 is 2.31 bits per heavy atom. The third-order valence-electron chi connectivity index (χ3n) is 5.08. The highest BCUT2D eigenvalue weighted by molar-refractivity contribution is 7.89. The van der Waals surface area contributed by atoms with E-state index in [9.17, 15) is 26.4 Å². The van der Waals surface area contributed by atoms with Crippen molar-refractivity contribution in [3.63, 3.8) is 0 Å². The van der Waals surface area contributed by atoms with E-state index in [0.717, 1.165) is 0 Å². The molecule has 1 aliphatic rings. The Bertz CT molecular complexity index is 795. The smallest absolute Gasteiger partial charge is 0.391 e. The first kappa shape index (κ1) is 23.5. The lowest BCUT2D eigenvalue weighted by Gasteiger charge is -2.32. The second-order valence-corrected chi connectivity index (χ2v) is 9.34. The van der Waals surface area contributed by atoms with Crippen LogP contribution in [0, 0.1) is 11.8 Å². The Kier molecular flexibility index (Phi) is 7.56. The molecule has 1 aliphatic carbocycles. The van der Waals surface area contributed by atoms with Crippen LogP contribution in [0.15, 0.2) is 29.2 Å². The van der Waals surface area contributed by atoms with Gasteiger partial charge in [0.1, 0.15) is 11.8 Å². The molecule has 10 heteroatoms. The maximum Gasteiger partial charge on any atom is 0.391 e. The average Bonchev–Trinajstić information content (AvgIpc) is 2.65. The molecule has 1 fully saturated rings. The van der Waals surface area contributed by atoms with Crippen LogP contribution >= 0.6 is 0 Å². The van der Waals surface area contributed by atoms with Crippen molar-refractivity contribution >= 4 is 15.9 Å². The van der Waals surface area contributed by atoms with Gasteiger partial charge in [-0.15, -0.1) is 0 Å². The molecule has 0 radical (unpaired) electrons. The summed E-state index contributed by atoms with van der Waals surface area (Å²) in [5.41, 5.74) is 0. The van der Waals surface area contributed by atoms with E-state index < -0.39 is 46.0 Å². The van der Waals surface area contributed by atoms with E-state index in [-0.39, 0.29) is 17.7 Å². The molecule has 1 aromatic carbocycles. The second-order valence-electron chi connectivity index (χ2n) is 7.63. The first-order valence-corrected chi connectivity index (χ1v) is 11.0. The van der Waals surface area contributed by atoms with E-state index >= 15 is 0 Å². The third kappa shape index (κ3) is 6.33. The maximum atomic E-state index is 13.0. The minimum atomic E-state index is -4.29. The quantitative estimate of drug-likeness (QED) is 0.687. The number of nitrogens with one attached hydrogen (secondary N) is 2. The lowest BCUT2D eigenvalue weighted by atomic mass is 9.85. The van der Waals surface area contributed by atoms with E-state index in [1.54, 1.807) is 13.8 Å². The van der Waals surface area contributed by atoms with Crippen molar-refractivity contribution in [2.45, 2.75) is 62.7 Å². The highest BCUT2D eigenvalue weighted by Crippen LogP contribution is 2.37. The molecule has 29 heavy (non-hydrogen) atoms. The van der Waals surface area contributed by atoms with E-state index in [1.807, 2.05) is 0 Å². The summed E-state index contributed by atoms with van der Waals surface area (Å²) in [5, 5.41) is 2.61. The number of halogens is 3. The summed E-state index contributed by atoms with van der Waals surface area (Å²) in [4.78, 5) is 12.6. The van der Waals surface area contributed by atoms with Gasteiger partial charge in [-0.2, -0.15) is 17.9 Å². The van der Waals surface area contributed by atoms with E-state index in [1.165, 1.54) is 31.4 Å². The molecule has 1 amide bonds. The number of methoxy groups -OCH3 is 1. The van der Waals surface area contributed by atoms with Crippen LogP contribution < -0.4 is 14.8 Å². The molecule has 1 saturated carbocycles. The molecule has 3 atom stereocenters. The molecule has 0 aromatic heterocycles. The van der Waals surface area contributed by atoms with E-state index in [4.69, 9.17) is 4.74 Å². The topological polar surface area (TPSA) is 84.5 Å². The predicted octanol–water partition coefficient (Wildman–Crippen LogP) is 3.24. The summed E-state index contributed by atoms with van der Waals surface area (Å²) in [5.74, 6) is -1.98. The van der Waals surface area contributed by atoms with Gasteiger partial charge < -0.3 is 10.1 Å². The van der Waals surface area contributed by atoms with E-state index in [2.05, 4.69) is 10.0 Å². The maximum absolute atomic E-state index is 13.0. The summed E-state index contributed by atoms with van der Waals surface area (Å²) >= 11 is 0. The van der Waals surface area contributed by atoms with Crippen molar-refractivity contribution in [1.82, 2.24) is 10.0 Å². The van der Waals surface area contributed by atoms with Gasteiger partial charge in [0, 0.05) is 6.04 Å². The van der Waals surface area contributed by atoms with Crippen molar-refractivity contribution < 1.29 is 31.1 Å². The van der Waals surface area contributed by atoms with Gasteiger partial charge in [-0.05, 0) is 49.4 Å². The molecule has 2 unspecified atom stereocenters. The second kappa shape index (κ2) is 9.34. The number of hydrogen-bond donors (Lipinski definition) is 2. The third-order valence-corrected chi connectivity index (χ3v) is 6.54. The highest BCUT2D eigenvalue weighted by Gasteiger charge is 2.42. The molecule has 0 aliphatic heterocycles. The number of hydrogen-bond acceptors (Lipinski definition) is 4. The molecule has 2 N–H and O–H groups in total. The van der Waals surface area contributed by atoms with Gasteiger partial charge >= 0.3 is 6.18 Å². The summed E-state index contributed by atoms with van der Waals surface area (Å²) in [7, 11) is -2.54. The zero-order valence-electron chi connectivity index (χ0n) is 16.6. The van der Waals surface area contributed by atoms with Crippen LogP contribution in [0.2, 0.25) is 0 Å². The molecular weight excluding hydrogens is 409 g/mol. The number of ether oxygens (including phenoxy) is 1. The van der Waals surface area contributed by atoms with Gasteiger partial charge in [0.2, 0.25) is 15.9 Å². The van der Waals surface area contributed by atoms with Crippen LogP contribution in [0.5, 0.6) is 5.75 Å². The van der Waals surface area contributed by atoms with Crippen LogP contribution in [0.4, 0.5) is 13.2 Å². The fourth-order valence-electron chi connectivity index (χ4n) is 3.39. The summed E-state index contributed by atoms with van der Waals surface area (Å²) in [6.07, 6.45) is -3.64. The number of sulfonamides is 1. The zero-order valence-corrected chi connectivity index (χ0v) is 17.4. The minimum absolute atomic E-state index is 0.0356. The van der Waals surface area contributed by atoms with Crippen molar-refractivity contribution in [2.75, 3.05) is 7.11 Å². The van der Waals surface area contributed by atoms with Crippen LogP contribution in [0.25, 0.3) is 0 Å².